The molecule has 3 aromatic rings. The van der Waals surface area contributed by atoms with Gasteiger partial charge in [0.1, 0.15) is 0 Å². The summed E-state index contributed by atoms with van der Waals surface area (Å²) in [6.45, 7) is 3.27. The first-order chi connectivity index (χ1) is 11.2. The van der Waals surface area contributed by atoms with E-state index in [0.717, 1.165) is 30.5 Å². The third kappa shape index (κ3) is 2.48. The molecule has 1 atom stereocenters. The average molecular weight is 311 g/mol. The number of hydrogen-bond donors (Lipinski definition) is 0. The van der Waals surface area contributed by atoms with Gasteiger partial charge in [-0.15, -0.1) is 0 Å². The molecule has 0 aromatic carbocycles. The summed E-state index contributed by atoms with van der Waals surface area (Å²) in [5, 5.41) is 8.97. The number of pyridine rings is 1. The van der Waals surface area contributed by atoms with Gasteiger partial charge < -0.3 is 9.42 Å². The van der Waals surface area contributed by atoms with Crippen LogP contribution in [0.1, 0.15) is 34.9 Å². The highest BCUT2D eigenvalue weighted by Gasteiger charge is 2.26. The number of carbonyl (C=O) groups is 1. The number of nitrogens with zero attached hydrogens (tertiary/aromatic N) is 5. The van der Waals surface area contributed by atoms with Crippen LogP contribution in [0.3, 0.4) is 0 Å². The monoisotopic (exact) mass is 311 g/mol. The van der Waals surface area contributed by atoms with Gasteiger partial charge in [-0.2, -0.15) is 5.10 Å². The summed E-state index contributed by atoms with van der Waals surface area (Å²) in [7, 11) is 0. The standard InChI is InChI=1S/C16H17N5O2/c1-11-14-8-12(9-17-15(14)23-19-11)16(22)20-6-2-4-13(10-20)21-7-3-5-18-21/h3,5,7-9,13H,2,4,6,10H2,1H3/t13-/m1/s1. The zero-order valence-corrected chi connectivity index (χ0v) is 12.8. The SMILES string of the molecule is Cc1noc2ncc(C(=O)N3CCC[C@@H](n4cccn4)C3)cc12. The van der Waals surface area contributed by atoms with E-state index in [2.05, 4.69) is 15.2 Å². The smallest absolute Gasteiger partial charge is 0.257 e. The number of likely N-dealkylation sites (tertiary alicyclic amines) is 1. The summed E-state index contributed by atoms with van der Waals surface area (Å²) in [6.07, 6.45) is 7.29. The lowest BCUT2D eigenvalue weighted by molar-refractivity contribution is 0.0672. The molecule has 118 valence electrons. The summed E-state index contributed by atoms with van der Waals surface area (Å²) in [5.74, 6) is -0.00291. The third-order valence-electron chi connectivity index (χ3n) is 4.34. The van der Waals surface area contributed by atoms with E-state index >= 15 is 0 Å². The van der Waals surface area contributed by atoms with E-state index in [4.69, 9.17) is 4.52 Å². The minimum absolute atomic E-state index is 0.00291. The zero-order chi connectivity index (χ0) is 15.8. The number of aryl methyl sites for hydroxylation is 1. The second-order valence-corrected chi connectivity index (χ2v) is 5.88. The van der Waals surface area contributed by atoms with Crippen molar-refractivity contribution in [2.75, 3.05) is 13.1 Å². The van der Waals surface area contributed by atoms with Crippen molar-refractivity contribution < 1.29 is 9.32 Å². The Hall–Kier alpha value is -2.70. The van der Waals surface area contributed by atoms with Crippen molar-refractivity contribution in [1.29, 1.82) is 0 Å². The average Bonchev–Trinajstić information content (AvgIpc) is 3.25. The van der Waals surface area contributed by atoms with Crippen LogP contribution in [0.5, 0.6) is 0 Å². The van der Waals surface area contributed by atoms with E-state index in [0.29, 0.717) is 17.8 Å². The Bertz CT molecular complexity index is 839. The molecule has 0 aliphatic carbocycles. The first kappa shape index (κ1) is 13.9. The lowest BCUT2D eigenvalue weighted by atomic mass is 10.0. The van der Waals surface area contributed by atoms with Crippen LogP contribution in [0.4, 0.5) is 0 Å². The molecule has 0 bridgehead atoms. The number of carbonyl (C=O) groups excluding carboxylic acids is 1. The Balaban J connectivity index is 1.58. The van der Waals surface area contributed by atoms with Crippen LogP contribution >= 0.6 is 0 Å². The quantitative estimate of drug-likeness (QED) is 0.725. The summed E-state index contributed by atoms with van der Waals surface area (Å²) >= 11 is 0. The van der Waals surface area contributed by atoms with Gasteiger partial charge in [-0.1, -0.05) is 5.16 Å². The van der Waals surface area contributed by atoms with Crippen molar-refractivity contribution in [2.24, 2.45) is 0 Å². The van der Waals surface area contributed by atoms with Crippen molar-refractivity contribution in [2.45, 2.75) is 25.8 Å². The van der Waals surface area contributed by atoms with Crippen molar-refractivity contribution >= 4 is 17.0 Å². The van der Waals surface area contributed by atoms with Gasteiger partial charge >= 0.3 is 0 Å². The molecule has 7 heteroatoms. The van der Waals surface area contributed by atoms with Crippen molar-refractivity contribution in [3.05, 3.63) is 42.0 Å². The number of amides is 1. The fraction of sp³-hybridized carbons (Fsp3) is 0.375. The highest BCUT2D eigenvalue weighted by Crippen LogP contribution is 2.23. The molecule has 1 saturated heterocycles. The molecule has 1 amide bonds. The highest BCUT2D eigenvalue weighted by atomic mass is 16.5. The Morgan fingerprint density at radius 2 is 2.35 bits per heavy atom. The van der Waals surface area contributed by atoms with E-state index in [1.165, 1.54) is 0 Å². The Morgan fingerprint density at radius 1 is 1.43 bits per heavy atom. The molecule has 1 aliphatic rings. The van der Waals surface area contributed by atoms with Crippen LogP contribution in [-0.2, 0) is 0 Å². The molecular weight excluding hydrogens is 294 g/mol. The van der Waals surface area contributed by atoms with Crippen molar-refractivity contribution in [3.63, 3.8) is 0 Å². The van der Waals surface area contributed by atoms with Crippen LogP contribution in [-0.4, -0.2) is 43.8 Å². The van der Waals surface area contributed by atoms with Gasteiger partial charge in [0.15, 0.2) is 0 Å². The van der Waals surface area contributed by atoms with Gasteiger partial charge in [0.25, 0.3) is 11.6 Å². The van der Waals surface area contributed by atoms with Crippen LogP contribution in [0, 0.1) is 6.92 Å². The van der Waals surface area contributed by atoms with Crippen LogP contribution in [0.25, 0.3) is 11.1 Å². The second kappa shape index (κ2) is 5.49. The topological polar surface area (TPSA) is 77.0 Å². The highest BCUT2D eigenvalue weighted by molar-refractivity contribution is 5.97. The van der Waals surface area contributed by atoms with E-state index in [1.807, 2.05) is 34.8 Å². The van der Waals surface area contributed by atoms with E-state index in [9.17, 15) is 4.79 Å². The number of fused-ring (bicyclic) bond motifs is 1. The molecule has 0 saturated carbocycles. The van der Waals surface area contributed by atoms with Gasteiger partial charge in [0, 0.05) is 31.7 Å². The lowest BCUT2D eigenvalue weighted by Crippen LogP contribution is -2.40. The minimum atomic E-state index is -0.00291. The summed E-state index contributed by atoms with van der Waals surface area (Å²) in [6, 6.07) is 3.96. The lowest BCUT2D eigenvalue weighted by Gasteiger charge is -2.32. The van der Waals surface area contributed by atoms with E-state index in [-0.39, 0.29) is 11.9 Å². The second-order valence-electron chi connectivity index (χ2n) is 5.88. The normalized spacial score (nSPS) is 18.5. The number of piperidine rings is 1. The first-order valence-corrected chi connectivity index (χ1v) is 7.73. The molecule has 1 aliphatic heterocycles. The maximum Gasteiger partial charge on any atom is 0.257 e. The minimum Gasteiger partial charge on any atom is -0.336 e. The largest absolute Gasteiger partial charge is 0.336 e. The van der Waals surface area contributed by atoms with Crippen LogP contribution < -0.4 is 0 Å². The van der Waals surface area contributed by atoms with Crippen LogP contribution in [0.2, 0.25) is 0 Å². The van der Waals surface area contributed by atoms with Crippen molar-refractivity contribution in [1.82, 2.24) is 24.8 Å². The number of rotatable bonds is 2. The molecule has 1 fully saturated rings. The summed E-state index contributed by atoms with van der Waals surface area (Å²) < 4.78 is 7.03. The number of hydrogen-bond acceptors (Lipinski definition) is 5. The van der Waals surface area contributed by atoms with Gasteiger partial charge in [-0.3, -0.25) is 9.48 Å². The first-order valence-electron chi connectivity index (χ1n) is 7.73. The molecule has 7 nitrogen and oxygen atoms in total. The van der Waals surface area contributed by atoms with Gasteiger partial charge in [-0.25, -0.2) is 4.98 Å². The van der Waals surface area contributed by atoms with E-state index < -0.39 is 0 Å². The molecule has 0 radical (unpaired) electrons. The predicted octanol–water partition coefficient (Wildman–Crippen LogP) is 2.21. The fourth-order valence-electron chi connectivity index (χ4n) is 3.10. The summed E-state index contributed by atoms with van der Waals surface area (Å²) in [5.41, 5.74) is 1.78. The predicted molar refractivity (Wildman–Crippen MR) is 82.9 cm³/mol. The molecule has 4 rings (SSSR count). The molecule has 0 spiro atoms. The molecule has 23 heavy (non-hydrogen) atoms. The van der Waals surface area contributed by atoms with Gasteiger partial charge in [0.05, 0.1) is 22.7 Å². The molecule has 0 unspecified atom stereocenters. The van der Waals surface area contributed by atoms with Crippen LogP contribution in [0.15, 0.2) is 35.2 Å². The maximum atomic E-state index is 12.8. The molecule has 3 aromatic heterocycles. The Morgan fingerprint density at radius 3 is 3.17 bits per heavy atom. The van der Waals surface area contributed by atoms with Gasteiger partial charge in [0.2, 0.25) is 0 Å². The maximum absolute atomic E-state index is 12.8. The van der Waals surface area contributed by atoms with Crippen molar-refractivity contribution in [3.8, 4) is 0 Å². The molecular formula is C16H17N5O2. The fourth-order valence-corrected chi connectivity index (χ4v) is 3.10. The third-order valence-corrected chi connectivity index (χ3v) is 4.34. The zero-order valence-electron chi connectivity index (χ0n) is 12.8. The Kier molecular flexibility index (Phi) is 3.33. The molecule has 0 N–H and O–H groups in total. The Labute approximate surface area is 132 Å². The summed E-state index contributed by atoms with van der Waals surface area (Å²) in [4.78, 5) is 18.9. The van der Waals surface area contributed by atoms with E-state index in [1.54, 1.807) is 12.4 Å². The molecule has 4 heterocycles. The van der Waals surface area contributed by atoms with Gasteiger partial charge in [-0.05, 0) is 31.9 Å². The number of aromatic nitrogens is 4.